The van der Waals surface area contributed by atoms with Crippen molar-refractivity contribution in [3.63, 3.8) is 0 Å². The molecule has 0 aliphatic heterocycles. The van der Waals surface area contributed by atoms with E-state index in [9.17, 15) is 0 Å². The zero-order chi connectivity index (χ0) is 5.41. The van der Waals surface area contributed by atoms with Crippen molar-refractivity contribution in [1.82, 2.24) is 0 Å². The first-order chi connectivity index (χ1) is 2.83. The zero-order valence-electron chi connectivity index (χ0n) is 4.16. The third-order valence-corrected chi connectivity index (χ3v) is 0. The van der Waals surface area contributed by atoms with Crippen LogP contribution in [0.4, 0.5) is 0 Å². The maximum Gasteiger partial charge on any atom is 0.000281 e. The highest BCUT2D eigenvalue weighted by Crippen LogP contribution is 1.67. The lowest BCUT2D eigenvalue weighted by Gasteiger charge is -1.45. The molecule has 0 heterocycles. The van der Waals surface area contributed by atoms with Crippen molar-refractivity contribution in [2.45, 2.75) is 13.8 Å². The summed E-state index contributed by atoms with van der Waals surface area (Å²) >= 11 is 3.15. The Labute approximate surface area is 47.4 Å². The molecule has 0 saturated heterocycles. The predicted molar refractivity (Wildman–Crippen MR) is 33.9 cm³/mol. The van der Waals surface area contributed by atoms with Crippen LogP contribution in [0.3, 0.4) is 0 Å². The Morgan fingerprint density at radius 3 is 1.83 bits per heavy atom. The largest absolute Gasteiger partial charge is 0.313 e. The molecule has 0 unspecified atom stereocenters. The summed E-state index contributed by atoms with van der Waals surface area (Å²) in [6.45, 7) is 3.71. The third kappa shape index (κ3) is 1830. The molecule has 0 fully saturated rings. The van der Waals surface area contributed by atoms with Gasteiger partial charge in [0.25, 0.3) is 0 Å². The summed E-state index contributed by atoms with van der Waals surface area (Å²) in [6.07, 6.45) is 1.25. The van der Waals surface area contributed by atoms with Gasteiger partial charge in [0.05, 0.1) is 0 Å². The molecule has 2 heteroatoms. The lowest BCUT2D eigenvalue weighted by Crippen LogP contribution is -1.34. The SMILES string of the molecule is CC=N.CCBr. The summed E-state index contributed by atoms with van der Waals surface area (Å²) in [4.78, 5) is 0. The van der Waals surface area contributed by atoms with Gasteiger partial charge in [0.1, 0.15) is 0 Å². The van der Waals surface area contributed by atoms with Crippen LogP contribution in [-0.2, 0) is 0 Å². The van der Waals surface area contributed by atoms with Crippen LogP contribution < -0.4 is 0 Å². The van der Waals surface area contributed by atoms with E-state index >= 15 is 0 Å². The first-order valence-corrected chi connectivity index (χ1v) is 2.96. The van der Waals surface area contributed by atoms with Gasteiger partial charge >= 0.3 is 0 Å². The zero-order valence-corrected chi connectivity index (χ0v) is 5.75. The fourth-order valence-corrected chi connectivity index (χ4v) is 0. The van der Waals surface area contributed by atoms with Crippen molar-refractivity contribution < 1.29 is 0 Å². The summed E-state index contributed by atoms with van der Waals surface area (Å²) in [7, 11) is 0. The Morgan fingerprint density at radius 1 is 1.83 bits per heavy atom. The van der Waals surface area contributed by atoms with Crippen molar-refractivity contribution in [2.24, 2.45) is 0 Å². The fraction of sp³-hybridized carbons (Fsp3) is 0.750. The minimum Gasteiger partial charge on any atom is -0.313 e. The molecule has 0 bridgehead atoms. The first kappa shape index (κ1) is 9.47. The molecular formula is C4H10BrN. The number of hydrogen-bond donors (Lipinski definition) is 1. The molecule has 0 rings (SSSR count). The van der Waals surface area contributed by atoms with E-state index in [1.54, 1.807) is 6.92 Å². The maximum atomic E-state index is 6.08. The van der Waals surface area contributed by atoms with Crippen LogP contribution in [0.1, 0.15) is 13.8 Å². The van der Waals surface area contributed by atoms with E-state index in [4.69, 9.17) is 5.41 Å². The molecule has 1 nitrogen and oxygen atoms in total. The van der Waals surface area contributed by atoms with Crippen molar-refractivity contribution in [1.29, 1.82) is 5.41 Å². The highest BCUT2D eigenvalue weighted by Gasteiger charge is 1.38. The minimum absolute atomic E-state index is 1.06. The molecule has 0 aromatic rings. The summed E-state index contributed by atoms with van der Waals surface area (Å²) in [5, 5.41) is 7.15. The molecule has 0 aliphatic carbocycles. The molecule has 0 amide bonds. The number of nitrogens with one attached hydrogen (secondary N) is 1. The van der Waals surface area contributed by atoms with Crippen LogP contribution in [0.5, 0.6) is 0 Å². The van der Waals surface area contributed by atoms with Gasteiger partial charge in [-0.05, 0) is 13.1 Å². The summed E-state index contributed by atoms with van der Waals surface area (Å²) in [5.41, 5.74) is 0. The number of rotatable bonds is 0. The molecule has 1 N–H and O–H groups in total. The van der Waals surface area contributed by atoms with Gasteiger partial charge in [-0.15, -0.1) is 0 Å². The van der Waals surface area contributed by atoms with Gasteiger partial charge in [-0.25, -0.2) is 0 Å². The summed E-state index contributed by atoms with van der Waals surface area (Å²) in [5.74, 6) is 0. The second-order valence-electron chi connectivity index (χ2n) is 0.556. The van der Waals surface area contributed by atoms with Crippen molar-refractivity contribution in [3.05, 3.63) is 0 Å². The smallest absolute Gasteiger partial charge is 0.000281 e. The molecule has 0 aromatic heterocycles. The molecular weight excluding hydrogens is 142 g/mol. The Balaban J connectivity index is 0. The van der Waals surface area contributed by atoms with E-state index in [0.717, 1.165) is 5.33 Å². The van der Waals surface area contributed by atoms with Gasteiger partial charge in [-0.1, -0.05) is 22.9 Å². The van der Waals surface area contributed by atoms with Gasteiger partial charge in [0.15, 0.2) is 0 Å². The lowest BCUT2D eigenvalue weighted by molar-refractivity contribution is 1.55. The molecule has 0 aliphatic rings. The molecule has 6 heavy (non-hydrogen) atoms. The molecule has 0 radical (unpaired) electrons. The summed E-state index contributed by atoms with van der Waals surface area (Å²) < 4.78 is 0. The normalized spacial score (nSPS) is 5.17. The van der Waals surface area contributed by atoms with E-state index in [-0.39, 0.29) is 0 Å². The van der Waals surface area contributed by atoms with Crippen LogP contribution in [0, 0.1) is 5.41 Å². The molecule has 0 spiro atoms. The second-order valence-corrected chi connectivity index (χ2v) is 1.68. The van der Waals surface area contributed by atoms with Crippen molar-refractivity contribution >= 4 is 22.1 Å². The van der Waals surface area contributed by atoms with Crippen LogP contribution in [0.25, 0.3) is 0 Å². The van der Waals surface area contributed by atoms with Crippen LogP contribution in [0.15, 0.2) is 0 Å². The minimum atomic E-state index is 1.06. The topological polar surface area (TPSA) is 23.9 Å². The Hall–Kier alpha value is 0.150. The van der Waals surface area contributed by atoms with E-state index in [1.165, 1.54) is 6.21 Å². The molecule has 0 atom stereocenters. The Bertz CT molecular complexity index is 21.5. The van der Waals surface area contributed by atoms with Gasteiger partial charge < -0.3 is 5.41 Å². The van der Waals surface area contributed by atoms with Crippen molar-refractivity contribution in [3.8, 4) is 0 Å². The van der Waals surface area contributed by atoms with E-state index in [1.807, 2.05) is 6.92 Å². The van der Waals surface area contributed by atoms with Gasteiger partial charge in [-0.3, -0.25) is 0 Å². The third-order valence-electron chi connectivity index (χ3n) is 0. The second kappa shape index (κ2) is 19.2. The lowest BCUT2D eigenvalue weighted by atomic mass is 10.9. The van der Waals surface area contributed by atoms with Gasteiger partial charge in [-0.2, -0.15) is 0 Å². The van der Waals surface area contributed by atoms with E-state index < -0.39 is 0 Å². The van der Waals surface area contributed by atoms with Crippen LogP contribution in [-0.4, -0.2) is 11.5 Å². The average molecular weight is 152 g/mol. The fourth-order valence-electron chi connectivity index (χ4n) is 0. The standard InChI is InChI=1S/C2H5Br.C2H5N/c2*1-2-3/h2H2,1H3;2-3H,1H3. The molecule has 0 saturated carbocycles. The highest BCUT2D eigenvalue weighted by molar-refractivity contribution is 9.09. The number of hydrogen-bond acceptors (Lipinski definition) is 1. The number of alkyl halides is 1. The molecule has 0 aromatic carbocycles. The van der Waals surface area contributed by atoms with E-state index in [0.29, 0.717) is 0 Å². The maximum absolute atomic E-state index is 6.08. The predicted octanol–water partition coefficient (Wildman–Crippen LogP) is 2.06. The van der Waals surface area contributed by atoms with Crippen LogP contribution >= 0.6 is 15.9 Å². The summed E-state index contributed by atoms with van der Waals surface area (Å²) in [6, 6.07) is 0. The number of halogens is 1. The Kier molecular flexibility index (Phi) is 30.3. The molecule has 38 valence electrons. The van der Waals surface area contributed by atoms with E-state index in [2.05, 4.69) is 15.9 Å². The van der Waals surface area contributed by atoms with Gasteiger partial charge in [0.2, 0.25) is 0 Å². The van der Waals surface area contributed by atoms with Crippen molar-refractivity contribution in [2.75, 3.05) is 5.33 Å². The first-order valence-electron chi connectivity index (χ1n) is 1.84. The highest BCUT2D eigenvalue weighted by atomic mass is 79.9. The van der Waals surface area contributed by atoms with Crippen LogP contribution in [0.2, 0.25) is 0 Å². The van der Waals surface area contributed by atoms with Gasteiger partial charge in [0, 0.05) is 5.33 Å². The Morgan fingerprint density at radius 2 is 1.83 bits per heavy atom. The average Bonchev–Trinajstić information content (AvgIpc) is 1.39. The quantitative estimate of drug-likeness (QED) is 0.405. The monoisotopic (exact) mass is 151 g/mol.